The molecule has 2 aromatic rings. The summed E-state index contributed by atoms with van der Waals surface area (Å²) in [5, 5.41) is 16.6. The molecule has 1 heterocycles. The van der Waals surface area contributed by atoms with Gasteiger partial charge in [0.15, 0.2) is 0 Å². The van der Waals surface area contributed by atoms with Crippen molar-refractivity contribution in [2.24, 2.45) is 0 Å². The van der Waals surface area contributed by atoms with E-state index in [1.807, 2.05) is 60.7 Å². The van der Waals surface area contributed by atoms with Crippen LogP contribution in [0.1, 0.15) is 24.0 Å². The number of carbonyl (C=O) groups excluding carboxylic acids is 2. The number of thioether (sulfide) groups is 1. The molecule has 0 saturated heterocycles. The van der Waals surface area contributed by atoms with Crippen molar-refractivity contribution in [3.05, 3.63) is 106 Å². The molecule has 0 radical (unpaired) electrons. The Bertz CT molecular complexity index is 1120. The first kappa shape index (κ1) is 23.9. The summed E-state index contributed by atoms with van der Waals surface area (Å²) in [5.74, 6) is -1.12. The van der Waals surface area contributed by atoms with E-state index in [4.69, 9.17) is 4.74 Å². The van der Waals surface area contributed by atoms with Gasteiger partial charge in [-0.15, -0.1) is 0 Å². The highest BCUT2D eigenvalue weighted by Crippen LogP contribution is 2.40. The number of carbonyl (C=O) groups is 2. The Morgan fingerprint density at radius 1 is 1.18 bits per heavy atom. The molecule has 0 spiro atoms. The molecule has 0 saturated carbocycles. The first-order valence-electron chi connectivity index (χ1n) is 10.4. The smallest absolute Gasteiger partial charge is 0.337 e. The number of benzene rings is 2. The van der Waals surface area contributed by atoms with Gasteiger partial charge in [-0.2, -0.15) is 5.26 Å². The number of amides is 1. The fourth-order valence-corrected chi connectivity index (χ4v) is 4.40. The molecule has 0 unspecified atom stereocenters. The number of hydrogen-bond acceptors (Lipinski definition) is 6. The van der Waals surface area contributed by atoms with E-state index in [0.29, 0.717) is 28.4 Å². The molecule has 1 aliphatic rings. The first-order chi connectivity index (χ1) is 16.0. The van der Waals surface area contributed by atoms with Crippen LogP contribution in [0.4, 0.5) is 0 Å². The van der Waals surface area contributed by atoms with E-state index in [2.05, 4.69) is 23.3 Å². The van der Waals surface area contributed by atoms with Crippen molar-refractivity contribution in [1.29, 1.82) is 5.26 Å². The van der Waals surface area contributed by atoms with Gasteiger partial charge in [-0.25, -0.2) is 4.79 Å². The topological polar surface area (TPSA) is 91.2 Å². The summed E-state index contributed by atoms with van der Waals surface area (Å²) in [5.41, 5.74) is 3.14. The van der Waals surface area contributed by atoms with Crippen LogP contribution in [0.5, 0.6) is 0 Å². The molecular weight excluding hydrogens is 434 g/mol. The van der Waals surface area contributed by atoms with Crippen LogP contribution in [0.15, 0.2) is 95.2 Å². The van der Waals surface area contributed by atoms with Crippen LogP contribution in [0.25, 0.3) is 0 Å². The molecule has 1 amide bonds. The molecule has 33 heavy (non-hydrogen) atoms. The predicted octanol–water partition coefficient (Wildman–Crippen LogP) is 4.16. The lowest BCUT2D eigenvalue weighted by molar-refractivity contribution is -0.138. The molecule has 6 nitrogen and oxygen atoms in total. The quantitative estimate of drug-likeness (QED) is 0.432. The minimum absolute atomic E-state index is 0.0753. The van der Waals surface area contributed by atoms with E-state index >= 15 is 0 Å². The fraction of sp³-hybridized carbons (Fsp3) is 0.192. The highest BCUT2D eigenvalue weighted by Gasteiger charge is 2.35. The van der Waals surface area contributed by atoms with E-state index in [1.165, 1.54) is 17.8 Å². The lowest BCUT2D eigenvalue weighted by Crippen LogP contribution is -2.30. The molecule has 0 fully saturated rings. The Hall–Kier alpha value is -3.76. The lowest BCUT2D eigenvalue weighted by atomic mass is 9.82. The van der Waals surface area contributed by atoms with Crippen LogP contribution in [0.2, 0.25) is 0 Å². The number of ether oxygens (including phenoxy) is 1. The number of nitrogens with zero attached hydrogens (tertiary/aromatic N) is 1. The van der Waals surface area contributed by atoms with Gasteiger partial charge in [0.2, 0.25) is 5.91 Å². The summed E-state index contributed by atoms with van der Waals surface area (Å²) in [7, 11) is 0. The van der Waals surface area contributed by atoms with Gasteiger partial charge in [-0.05, 0) is 18.1 Å². The van der Waals surface area contributed by atoms with Gasteiger partial charge < -0.3 is 15.4 Å². The number of esters is 1. The summed E-state index contributed by atoms with van der Waals surface area (Å²) in [6.07, 6.45) is 1.50. The van der Waals surface area contributed by atoms with Crippen molar-refractivity contribution in [1.82, 2.24) is 10.6 Å². The standard InChI is InChI=1S/C26H25N3O3S/c1-3-14-32-26(31)23-18(2)29-25(21(15-27)24(23)20-12-8-5-9-13-20)33-17-22(30)28-16-19-10-6-4-7-11-19/h3-13,24,29H,1,14,16-17H2,2H3,(H,28,30)/t24-/m0/s1. The molecule has 3 rings (SSSR count). The van der Waals surface area contributed by atoms with Gasteiger partial charge in [0.25, 0.3) is 0 Å². The second-order valence-electron chi connectivity index (χ2n) is 7.30. The SMILES string of the molecule is C=CCOC(=O)C1=C(C)NC(SCC(=O)NCc2ccccc2)=C(C#N)[C@@H]1c1ccccc1. The van der Waals surface area contributed by atoms with E-state index in [9.17, 15) is 14.9 Å². The summed E-state index contributed by atoms with van der Waals surface area (Å²) in [4.78, 5) is 25.3. The number of rotatable bonds is 9. The second kappa shape index (κ2) is 11.7. The number of hydrogen-bond donors (Lipinski definition) is 2. The number of nitriles is 1. The van der Waals surface area contributed by atoms with Crippen molar-refractivity contribution in [2.45, 2.75) is 19.4 Å². The van der Waals surface area contributed by atoms with Gasteiger partial charge in [-0.3, -0.25) is 4.79 Å². The first-order valence-corrected chi connectivity index (χ1v) is 11.4. The zero-order valence-electron chi connectivity index (χ0n) is 18.3. The summed E-state index contributed by atoms with van der Waals surface area (Å²) < 4.78 is 5.30. The van der Waals surface area contributed by atoms with Crippen molar-refractivity contribution in [3.8, 4) is 6.07 Å². The molecule has 2 aromatic carbocycles. The average molecular weight is 460 g/mol. The molecule has 0 aromatic heterocycles. The van der Waals surface area contributed by atoms with Gasteiger partial charge >= 0.3 is 5.97 Å². The molecule has 1 atom stereocenters. The van der Waals surface area contributed by atoms with E-state index in [-0.39, 0.29) is 18.3 Å². The third-order valence-corrected chi connectivity index (χ3v) is 6.03. The predicted molar refractivity (Wildman–Crippen MR) is 130 cm³/mol. The Labute approximate surface area is 198 Å². The zero-order chi connectivity index (χ0) is 23.6. The Kier molecular flexibility index (Phi) is 8.50. The van der Waals surface area contributed by atoms with Crippen molar-refractivity contribution < 1.29 is 14.3 Å². The molecular formula is C26H25N3O3S. The van der Waals surface area contributed by atoms with Crippen molar-refractivity contribution in [2.75, 3.05) is 12.4 Å². The molecule has 0 aliphatic carbocycles. The summed E-state index contributed by atoms with van der Waals surface area (Å²) in [6, 6.07) is 21.2. The number of dihydropyridines is 1. The average Bonchev–Trinajstić information content (AvgIpc) is 2.85. The van der Waals surface area contributed by atoms with Crippen molar-refractivity contribution >= 4 is 23.6 Å². The fourth-order valence-electron chi connectivity index (χ4n) is 3.47. The van der Waals surface area contributed by atoms with Crippen LogP contribution in [-0.4, -0.2) is 24.2 Å². The largest absolute Gasteiger partial charge is 0.458 e. The Balaban J connectivity index is 1.81. The maximum absolute atomic E-state index is 12.8. The Morgan fingerprint density at radius 3 is 2.48 bits per heavy atom. The highest BCUT2D eigenvalue weighted by molar-refractivity contribution is 8.03. The van der Waals surface area contributed by atoms with Gasteiger partial charge in [0, 0.05) is 12.2 Å². The zero-order valence-corrected chi connectivity index (χ0v) is 19.2. The highest BCUT2D eigenvalue weighted by atomic mass is 32.2. The lowest BCUT2D eigenvalue weighted by Gasteiger charge is -2.29. The van der Waals surface area contributed by atoms with Crippen LogP contribution < -0.4 is 10.6 Å². The van der Waals surface area contributed by atoms with Crippen molar-refractivity contribution in [3.63, 3.8) is 0 Å². The normalized spacial score (nSPS) is 15.3. The van der Waals surface area contributed by atoms with Crippen LogP contribution in [-0.2, 0) is 20.9 Å². The van der Waals surface area contributed by atoms with E-state index < -0.39 is 11.9 Å². The maximum atomic E-state index is 12.8. The summed E-state index contributed by atoms with van der Waals surface area (Å²) in [6.45, 7) is 5.86. The molecule has 168 valence electrons. The molecule has 7 heteroatoms. The van der Waals surface area contributed by atoms with Gasteiger partial charge in [0.05, 0.1) is 33.9 Å². The minimum Gasteiger partial charge on any atom is -0.458 e. The van der Waals surface area contributed by atoms with Crippen LogP contribution >= 0.6 is 11.8 Å². The molecule has 1 aliphatic heterocycles. The van der Waals surface area contributed by atoms with E-state index in [0.717, 1.165) is 11.1 Å². The minimum atomic E-state index is -0.593. The monoisotopic (exact) mass is 459 g/mol. The van der Waals surface area contributed by atoms with Gasteiger partial charge in [-0.1, -0.05) is 85.1 Å². The molecule has 2 N–H and O–H groups in total. The maximum Gasteiger partial charge on any atom is 0.337 e. The number of allylic oxidation sites excluding steroid dienone is 2. The summed E-state index contributed by atoms with van der Waals surface area (Å²) >= 11 is 1.24. The second-order valence-corrected chi connectivity index (χ2v) is 8.29. The third kappa shape index (κ3) is 6.15. The van der Waals surface area contributed by atoms with Crippen LogP contribution in [0, 0.1) is 11.3 Å². The van der Waals surface area contributed by atoms with Crippen LogP contribution in [0.3, 0.4) is 0 Å². The molecule has 0 bridgehead atoms. The van der Waals surface area contributed by atoms with E-state index in [1.54, 1.807) is 6.92 Å². The number of nitrogens with one attached hydrogen (secondary N) is 2. The third-order valence-electron chi connectivity index (χ3n) is 5.01. The van der Waals surface area contributed by atoms with Gasteiger partial charge in [0.1, 0.15) is 6.61 Å². The Morgan fingerprint density at radius 2 is 1.85 bits per heavy atom.